The van der Waals surface area contributed by atoms with E-state index in [1.165, 1.54) is 12.8 Å². The third-order valence-corrected chi connectivity index (χ3v) is 1.85. The van der Waals surface area contributed by atoms with E-state index >= 15 is 0 Å². The molecule has 1 unspecified atom stereocenters. The minimum absolute atomic E-state index is 0.294. The van der Waals surface area contributed by atoms with E-state index in [2.05, 4.69) is 6.92 Å². The molecule has 0 saturated heterocycles. The van der Waals surface area contributed by atoms with Crippen molar-refractivity contribution in [3.8, 4) is 0 Å². The van der Waals surface area contributed by atoms with Gasteiger partial charge < -0.3 is 4.74 Å². The van der Waals surface area contributed by atoms with Crippen LogP contribution >= 0.6 is 12.1 Å². The molecule has 0 aromatic carbocycles. The van der Waals surface area contributed by atoms with Crippen molar-refractivity contribution in [3.05, 3.63) is 0 Å². The highest BCUT2D eigenvalue weighted by molar-refractivity contribution is 7.94. The third-order valence-electron chi connectivity index (χ3n) is 1.53. The molecule has 0 aliphatic carbocycles. The average Bonchev–Trinajstić information content (AvgIpc) is 2.01. The Morgan fingerprint density at radius 1 is 1.55 bits per heavy atom. The van der Waals surface area contributed by atoms with E-state index in [-0.39, 0.29) is 0 Å². The molecule has 0 aliphatic rings. The summed E-state index contributed by atoms with van der Waals surface area (Å²) in [4.78, 5) is 0. The summed E-state index contributed by atoms with van der Waals surface area (Å²) in [5.74, 6) is 0.455. The van der Waals surface area contributed by atoms with E-state index in [1.807, 2.05) is 6.92 Å². The fraction of sp³-hybridized carbons (Fsp3) is 1.00. The molecule has 0 amide bonds. The zero-order chi connectivity index (χ0) is 8.53. The summed E-state index contributed by atoms with van der Waals surface area (Å²) in [6, 6.07) is 0. The molecule has 0 fully saturated rings. The largest absolute Gasteiger partial charge is 0.378 e. The van der Waals surface area contributed by atoms with Crippen molar-refractivity contribution in [2.24, 2.45) is 0 Å². The van der Waals surface area contributed by atoms with Crippen LogP contribution in [0.2, 0.25) is 0 Å². The lowest BCUT2D eigenvalue weighted by Gasteiger charge is -2.10. The van der Waals surface area contributed by atoms with Gasteiger partial charge in [-0.3, -0.25) is 0 Å². The van der Waals surface area contributed by atoms with Crippen LogP contribution in [-0.4, -0.2) is 18.5 Å². The monoisotopic (exact) mass is 180 g/mol. The van der Waals surface area contributed by atoms with Crippen molar-refractivity contribution in [3.63, 3.8) is 0 Å². The van der Waals surface area contributed by atoms with Gasteiger partial charge in [0.1, 0.15) is 0 Å². The maximum atomic E-state index is 11.5. The van der Waals surface area contributed by atoms with Crippen LogP contribution in [0.15, 0.2) is 0 Å². The van der Waals surface area contributed by atoms with Gasteiger partial charge in [-0.05, 0) is 13.3 Å². The first-order chi connectivity index (χ1) is 5.31. The van der Waals surface area contributed by atoms with Gasteiger partial charge in [-0.15, -0.1) is 0 Å². The quantitative estimate of drug-likeness (QED) is 0.556. The van der Waals surface area contributed by atoms with Crippen LogP contribution in [0.3, 0.4) is 0 Å². The Balaban J connectivity index is 3.02. The summed E-state index contributed by atoms with van der Waals surface area (Å²) in [5.41, 5.74) is 0. The Labute approximate surface area is 73.0 Å². The van der Waals surface area contributed by atoms with Gasteiger partial charge in [0.2, 0.25) is 0 Å². The molecule has 0 saturated carbocycles. The van der Waals surface area contributed by atoms with Crippen LogP contribution in [-0.2, 0) is 4.74 Å². The molecule has 1 atom stereocenters. The summed E-state index contributed by atoms with van der Waals surface area (Å²) >= 11 is 0.342. The highest BCUT2D eigenvalue weighted by atomic mass is 32.2. The van der Waals surface area contributed by atoms with Crippen LogP contribution in [0.25, 0.3) is 0 Å². The van der Waals surface area contributed by atoms with E-state index in [4.69, 9.17) is 4.74 Å². The van der Waals surface area contributed by atoms with Gasteiger partial charge in [0, 0.05) is 17.9 Å². The van der Waals surface area contributed by atoms with Crippen molar-refractivity contribution in [2.75, 3.05) is 12.4 Å². The Kier molecular flexibility index (Phi) is 8.52. The van der Waals surface area contributed by atoms with Gasteiger partial charge in [0.15, 0.2) is 0 Å². The first-order valence-corrected chi connectivity index (χ1v) is 5.05. The molecule has 0 aromatic heterocycles. The Hall–Kier alpha value is 0.240. The van der Waals surface area contributed by atoms with Gasteiger partial charge in [-0.2, -0.15) is 3.89 Å². The van der Waals surface area contributed by atoms with Crippen LogP contribution in [0, 0.1) is 0 Å². The van der Waals surface area contributed by atoms with E-state index in [1.54, 1.807) is 0 Å². The molecule has 3 heteroatoms. The SMILES string of the molecule is CCCCC(C)OCCSF. The molecule has 0 aromatic rings. The van der Waals surface area contributed by atoms with Crippen molar-refractivity contribution < 1.29 is 8.62 Å². The second kappa shape index (κ2) is 8.34. The molecule has 0 N–H and O–H groups in total. The van der Waals surface area contributed by atoms with Crippen molar-refractivity contribution >= 4 is 12.1 Å². The van der Waals surface area contributed by atoms with Gasteiger partial charge in [0.25, 0.3) is 0 Å². The van der Waals surface area contributed by atoms with Crippen LogP contribution in [0.1, 0.15) is 33.1 Å². The summed E-state index contributed by atoms with van der Waals surface area (Å²) in [7, 11) is 0. The number of unbranched alkanes of at least 4 members (excludes halogenated alkanes) is 1. The molecule has 68 valence electrons. The predicted molar refractivity (Wildman–Crippen MR) is 48.5 cm³/mol. The number of rotatable bonds is 7. The topological polar surface area (TPSA) is 9.23 Å². The van der Waals surface area contributed by atoms with Crippen LogP contribution < -0.4 is 0 Å². The summed E-state index contributed by atoms with van der Waals surface area (Å²) in [6.45, 7) is 4.73. The highest BCUT2D eigenvalue weighted by Crippen LogP contribution is 2.05. The fourth-order valence-corrected chi connectivity index (χ4v) is 1.01. The van der Waals surface area contributed by atoms with E-state index < -0.39 is 0 Å². The van der Waals surface area contributed by atoms with E-state index in [0.717, 1.165) is 6.42 Å². The molecule has 0 aliphatic heterocycles. The van der Waals surface area contributed by atoms with Crippen molar-refractivity contribution in [2.45, 2.75) is 39.2 Å². The van der Waals surface area contributed by atoms with Gasteiger partial charge in [-0.1, -0.05) is 19.8 Å². The molecule has 11 heavy (non-hydrogen) atoms. The lowest BCUT2D eigenvalue weighted by atomic mass is 10.2. The average molecular weight is 180 g/mol. The van der Waals surface area contributed by atoms with Gasteiger partial charge >= 0.3 is 0 Å². The summed E-state index contributed by atoms with van der Waals surface area (Å²) in [5, 5.41) is 0. The van der Waals surface area contributed by atoms with Crippen LogP contribution in [0.5, 0.6) is 0 Å². The third kappa shape index (κ3) is 8.14. The Bertz CT molecular complexity index is 80.5. The fourth-order valence-electron chi connectivity index (χ4n) is 0.856. The molecular formula is C8H17FOS. The zero-order valence-electron chi connectivity index (χ0n) is 7.31. The molecule has 0 bridgehead atoms. The summed E-state index contributed by atoms with van der Waals surface area (Å²) < 4.78 is 16.9. The van der Waals surface area contributed by atoms with Crippen LogP contribution in [0.4, 0.5) is 3.89 Å². The minimum atomic E-state index is 0.294. The Morgan fingerprint density at radius 3 is 2.82 bits per heavy atom. The number of halogens is 1. The normalized spacial score (nSPS) is 13.4. The standard InChI is InChI=1S/C8H17FOS/c1-3-4-5-8(2)10-6-7-11-9/h8H,3-7H2,1-2H3. The second-order valence-electron chi connectivity index (χ2n) is 2.64. The number of hydrogen-bond donors (Lipinski definition) is 0. The molecule has 0 heterocycles. The molecule has 0 radical (unpaired) electrons. The smallest absolute Gasteiger partial charge is 0.0585 e. The highest BCUT2D eigenvalue weighted by Gasteiger charge is 1.99. The molecule has 1 nitrogen and oxygen atoms in total. The van der Waals surface area contributed by atoms with E-state index in [9.17, 15) is 3.89 Å². The first kappa shape index (κ1) is 11.2. The first-order valence-electron chi connectivity index (χ1n) is 4.16. The molecular weight excluding hydrogens is 163 g/mol. The molecule has 0 spiro atoms. The zero-order valence-corrected chi connectivity index (χ0v) is 8.12. The predicted octanol–water partition coefficient (Wildman–Crippen LogP) is 3.20. The maximum absolute atomic E-state index is 11.5. The maximum Gasteiger partial charge on any atom is 0.0585 e. The number of hydrogen-bond acceptors (Lipinski definition) is 2. The van der Waals surface area contributed by atoms with Crippen molar-refractivity contribution in [1.29, 1.82) is 0 Å². The Morgan fingerprint density at radius 2 is 2.27 bits per heavy atom. The van der Waals surface area contributed by atoms with Crippen molar-refractivity contribution in [1.82, 2.24) is 0 Å². The lowest BCUT2D eigenvalue weighted by molar-refractivity contribution is 0.0705. The van der Waals surface area contributed by atoms with E-state index in [0.29, 0.717) is 30.6 Å². The summed E-state index contributed by atoms with van der Waals surface area (Å²) in [6.07, 6.45) is 3.78. The molecule has 0 rings (SSSR count). The van der Waals surface area contributed by atoms with Gasteiger partial charge in [-0.25, -0.2) is 0 Å². The second-order valence-corrected chi connectivity index (χ2v) is 3.26. The lowest BCUT2D eigenvalue weighted by Crippen LogP contribution is -2.09. The van der Waals surface area contributed by atoms with Gasteiger partial charge in [0.05, 0.1) is 12.7 Å². The number of ether oxygens (including phenoxy) is 1. The minimum Gasteiger partial charge on any atom is -0.378 e.